The van der Waals surface area contributed by atoms with Crippen LogP contribution in [-0.2, 0) is 6.42 Å². The van der Waals surface area contributed by atoms with Crippen LogP contribution in [0.25, 0.3) is 0 Å². The van der Waals surface area contributed by atoms with Crippen LogP contribution in [0.15, 0.2) is 12.1 Å². The van der Waals surface area contributed by atoms with E-state index >= 15 is 0 Å². The summed E-state index contributed by atoms with van der Waals surface area (Å²) >= 11 is 6.28. The number of hydrogen-bond donors (Lipinski definition) is 1. The first kappa shape index (κ1) is 13.1. The molecule has 19 heavy (non-hydrogen) atoms. The zero-order chi connectivity index (χ0) is 13.5. The molecule has 2 aliphatic carbocycles. The Morgan fingerprint density at radius 3 is 2.68 bits per heavy atom. The topological polar surface area (TPSA) is 38.7 Å². The SMILES string of the molecule is COc1ccc(Cl)c(CC2(O)CC2)c1OCC1CC1. The molecule has 104 valence electrons. The summed E-state index contributed by atoms with van der Waals surface area (Å²) in [7, 11) is 1.63. The minimum Gasteiger partial charge on any atom is -0.493 e. The van der Waals surface area contributed by atoms with E-state index in [9.17, 15) is 5.11 Å². The maximum absolute atomic E-state index is 10.1. The highest BCUT2D eigenvalue weighted by Gasteiger charge is 2.41. The van der Waals surface area contributed by atoms with E-state index in [1.165, 1.54) is 12.8 Å². The standard InChI is InChI=1S/C15H19ClO3/c1-18-13-5-4-12(16)11(8-15(17)6-7-15)14(13)19-9-10-2-3-10/h4-5,10,17H,2-3,6-9H2,1H3. The fourth-order valence-corrected chi connectivity index (χ4v) is 2.42. The molecule has 0 atom stereocenters. The van der Waals surface area contributed by atoms with Gasteiger partial charge in [0, 0.05) is 17.0 Å². The van der Waals surface area contributed by atoms with Gasteiger partial charge in [-0.3, -0.25) is 0 Å². The maximum atomic E-state index is 10.1. The highest BCUT2D eigenvalue weighted by atomic mass is 35.5. The molecule has 1 aromatic carbocycles. The predicted octanol–water partition coefficient (Wildman–Crippen LogP) is 3.20. The summed E-state index contributed by atoms with van der Waals surface area (Å²) in [4.78, 5) is 0. The zero-order valence-corrected chi connectivity index (χ0v) is 11.9. The van der Waals surface area contributed by atoms with E-state index in [1.54, 1.807) is 7.11 Å². The van der Waals surface area contributed by atoms with Crippen molar-refractivity contribution < 1.29 is 14.6 Å². The van der Waals surface area contributed by atoms with Crippen molar-refractivity contribution in [2.24, 2.45) is 5.92 Å². The minimum atomic E-state index is -0.590. The van der Waals surface area contributed by atoms with Crippen LogP contribution >= 0.6 is 11.6 Å². The minimum absolute atomic E-state index is 0.545. The van der Waals surface area contributed by atoms with E-state index in [1.807, 2.05) is 12.1 Å². The van der Waals surface area contributed by atoms with E-state index < -0.39 is 5.60 Å². The Labute approximate surface area is 118 Å². The van der Waals surface area contributed by atoms with Gasteiger partial charge in [0.25, 0.3) is 0 Å². The molecule has 2 saturated carbocycles. The molecular formula is C15H19ClO3. The lowest BCUT2D eigenvalue weighted by molar-refractivity contribution is 0.149. The van der Waals surface area contributed by atoms with Crippen molar-refractivity contribution in [3.05, 3.63) is 22.7 Å². The summed E-state index contributed by atoms with van der Waals surface area (Å²) in [6.45, 7) is 0.710. The van der Waals surface area contributed by atoms with Gasteiger partial charge in [-0.15, -0.1) is 0 Å². The fraction of sp³-hybridized carbons (Fsp3) is 0.600. The summed E-state index contributed by atoms with van der Waals surface area (Å²) in [5.41, 5.74) is 0.287. The molecule has 3 rings (SSSR count). The first-order chi connectivity index (χ1) is 9.11. The molecule has 2 fully saturated rings. The summed E-state index contributed by atoms with van der Waals surface area (Å²) < 4.78 is 11.3. The van der Waals surface area contributed by atoms with Gasteiger partial charge in [0.15, 0.2) is 11.5 Å². The van der Waals surface area contributed by atoms with Gasteiger partial charge in [-0.1, -0.05) is 11.6 Å². The molecule has 4 heteroatoms. The normalized spacial score (nSPS) is 20.2. The maximum Gasteiger partial charge on any atom is 0.165 e. The Balaban J connectivity index is 1.87. The summed E-state index contributed by atoms with van der Waals surface area (Å²) in [6, 6.07) is 3.64. The average molecular weight is 283 g/mol. The Bertz CT molecular complexity index is 479. The number of methoxy groups -OCH3 is 1. The molecule has 2 aliphatic rings. The quantitative estimate of drug-likeness (QED) is 0.871. The molecule has 0 aromatic heterocycles. The molecule has 1 aromatic rings. The molecule has 1 N–H and O–H groups in total. The third kappa shape index (κ3) is 2.98. The Kier molecular flexibility index (Phi) is 3.35. The monoisotopic (exact) mass is 282 g/mol. The predicted molar refractivity (Wildman–Crippen MR) is 74.1 cm³/mol. The lowest BCUT2D eigenvalue weighted by Crippen LogP contribution is -2.13. The van der Waals surface area contributed by atoms with Gasteiger partial charge < -0.3 is 14.6 Å². The van der Waals surface area contributed by atoms with E-state index in [4.69, 9.17) is 21.1 Å². The van der Waals surface area contributed by atoms with Crippen molar-refractivity contribution in [2.75, 3.05) is 13.7 Å². The number of benzene rings is 1. The molecule has 0 heterocycles. The molecule has 0 spiro atoms. The first-order valence-electron chi connectivity index (χ1n) is 6.82. The van der Waals surface area contributed by atoms with Gasteiger partial charge in [0.1, 0.15) is 0 Å². The Hall–Kier alpha value is -0.930. The van der Waals surface area contributed by atoms with Crippen LogP contribution in [0.3, 0.4) is 0 Å². The van der Waals surface area contributed by atoms with Gasteiger partial charge in [-0.25, -0.2) is 0 Å². The second-order valence-corrected chi connectivity index (χ2v) is 6.12. The van der Waals surface area contributed by atoms with Crippen molar-refractivity contribution in [3.8, 4) is 11.5 Å². The molecule has 0 aliphatic heterocycles. The van der Waals surface area contributed by atoms with Gasteiger partial charge in [0.2, 0.25) is 0 Å². The van der Waals surface area contributed by atoms with Crippen LogP contribution in [0.4, 0.5) is 0 Å². The number of halogens is 1. The van der Waals surface area contributed by atoms with Crippen LogP contribution in [0.1, 0.15) is 31.2 Å². The summed E-state index contributed by atoms with van der Waals surface area (Å²) in [6.07, 6.45) is 4.69. The molecule has 0 saturated heterocycles. The van der Waals surface area contributed by atoms with E-state index in [-0.39, 0.29) is 0 Å². The van der Waals surface area contributed by atoms with Crippen molar-refractivity contribution >= 4 is 11.6 Å². The van der Waals surface area contributed by atoms with Gasteiger partial charge in [-0.2, -0.15) is 0 Å². The number of rotatable bonds is 6. The van der Waals surface area contributed by atoms with E-state index in [2.05, 4.69) is 0 Å². The lowest BCUT2D eigenvalue weighted by Gasteiger charge is -2.18. The number of ether oxygens (including phenoxy) is 2. The third-order valence-electron chi connectivity index (χ3n) is 3.88. The second kappa shape index (κ2) is 4.88. The van der Waals surface area contributed by atoms with Crippen LogP contribution < -0.4 is 9.47 Å². The third-order valence-corrected chi connectivity index (χ3v) is 4.23. The van der Waals surface area contributed by atoms with Crippen molar-refractivity contribution in [2.45, 2.75) is 37.7 Å². The van der Waals surface area contributed by atoms with Gasteiger partial charge >= 0.3 is 0 Å². The summed E-state index contributed by atoms with van der Waals surface area (Å²) in [5, 5.41) is 10.8. The average Bonchev–Trinajstić information content (AvgIpc) is 3.29. The number of aliphatic hydroxyl groups is 1. The molecule has 0 radical (unpaired) electrons. The molecule has 0 amide bonds. The van der Waals surface area contributed by atoms with Crippen molar-refractivity contribution in [3.63, 3.8) is 0 Å². The second-order valence-electron chi connectivity index (χ2n) is 5.71. The lowest BCUT2D eigenvalue weighted by atomic mass is 10.0. The molecule has 3 nitrogen and oxygen atoms in total. The molecule has 0 unspecified atom stereocenters. The van der Waals surface area contributed by atoms with Crippen LogP contribution in [0, 0.1) is 5.92 Å². The highest BCUT2D eigenvalue weighted by Crippen LogP contribution is 2.45. The van der Waals surface area contributed by atoms with Crippen LogP contribution in [0.5, 0.6) is 11.5 Å². The van der Waals surface area contributed by atoms with E-state index in [0.29, 0.717) is 35.5 Å². The Morgan fingerprint density at radius 2 is 2.11 bits per heavy atom. The highest BCUT2D eigenvalue weighted by molar-refractivity contribution is 6.31. The van der Waals surface area contributed by atoms with E-state index in [0.717, 1.165) is 18.4 Å². The smallest absolute Gasteiger partial charge is 0.165 e. The first-order valence-corrected chi connectivity index (χ1v) is 7.20. The largest absolute Gasteiger partial charge is 0.493 e. The summed E-state index contributed by atoms with van der Waals surface area (Å²) in [5.74, 6) is 2.08. The Morgan fingerprint density at radius 1 is 1.37 bits per heavy atom. The fourth-order valence-electron chi connectivity index (χ4n) is 2.20. The number of hydrogen-bond acceptors (Lipinski definition) is 3. The van der Waals surface area contributed by atoms with Gasteiger partial charge in [0.05, 0.1) is 19.3 Å². The van der Waals surface area contributed by atoms with Crippen molar-refractivity contribution in [1.82, 2.24) is 0 Å². The van der Waals surface area contributed by atoms with Crippen LogP contribution in [0.2, 0.25) is 5.02 Å². The van der Waals surface area contributed by atoms with Crippen molar-refractivity contribution in [1.29, 1.82) is 0 Å². The molecular weight excluding hydrogens is 264 g/mol. The van der Waals surface area contributed by atoms with Crippen LogP contribution in [-0.4, -0.2) is 24.4 Å². The zero-order valence-electron chi connectivity index (χ0n) is 11.1. The molecule has 0 bridgehead atoms. The van der Waals surface area contributed by atoms with Gasteiger partial charge in [-0.05, 0) is 43.7 Å².